The van der Waals surface area contributed by atoms with E-state index in [1.54, 1.807) is 18.0 Å². The third kappa shape index (κ3) is 3.30. The standard InChI is InChI=1S/C21H20N4O2S/c26-21(18-13-15-5-1-2-7-17(15)28-18)25-11-8-14(9-12-25)20-23-19(24-27-20)16-6-3-4-10-22-16/h1-7,10,14,18H,8-9,11-13H2. The number of thioether (sulfide) groups is 1. The number of carbonyl (C=O) groups is 1. The second-order valence-electron chi connectivity index (χ2n) is 7.19. The summed E-state index contributed by atoms with van der Waals surface area (Å²) in [6, 6.07) is 13.9. The number of aromatic nitrogens is 3. The van der Waals surface area contributed by atoms with Crippen molar-refractivity contribution in [1.82, 2.24) is 20.0 Å². The van der Waals surface area contributed by atoms with Crippen LogP contribution in [0.1, 0.15) is 30.2 Å². The average molecular weight is 392 g/mol. The summed E-state index contributed by atoms with van der Waals surface area (Å²) in [5.41, 5.74) is 2.00. The summed E-state index contributed by atoms with van der Waals surface area (Å²) >= 11 is 1.70. The number of fused-ring (bicyclic) bond motifs is 1. The van der Waals surface area contributed by atoms with Gasteiger partial charge in [0.15, 0.2) is 0 Å². The van der Waals surface area contributed by atoms with E-state index in [4.69, 9.17) is 4.52 Å². The lowest BCUT2D eigenvalue weighted by molar-refractivity contribution is -0.131. The summed E-state index contributed by atoms with van der Waals surface area (Å²) in [4.78, 5) is 25.0. The lowest BCUT2D eigenvalue weighted by Gasteiger charge is -2.32. The first kappa shape index (κ1) is 17.4. The fourth-order valence-electron chi connectivity index (χ4n) is 3.87. The van der Waals surface area contributed by atoms with E-state index in [-0.39, 0.29) is 17.1 Å². The first-order chi connectivity index (χ1) is 13.8. The molecule has 1 fully saturated rings. The molecule has 0 aliphatic carbocycles. The van der Waals surface area contributed by atoms with Crippen molar-refractivity contribution < 1.29 is 9.32 Å². The molecule has 1 unspecified atom stereocenters. The Balaban J connectivity index is 1.20. The smallest absolute Gasteiger partial charge is 0.236 e. The molecule has 1 atom stereocenters. The molecular weight excluding hydrogens is 372 g/mol. The molecule has 0 N–H and O–H groups in total. The van der Waals surface area contributed by atoms with Crippen LogP contribution in [-0.2, 0) is 11.2 Å². The molecular formula is C21H20N4O2S. The van der Waals surface area contributed by atoms with Gasteiger partial charge in [0.1, 0.15) is 5.69 Å². The second kappa shape index (κ2) is 7.39. The number of piperidine rings is 1. The molecule has 28 heavy (non-hydrogen) atoms. The maximum absolute atomic E-state index is 12.9. The number of nitrogens with zero attached hydrogens (tertiary/aromatic N) is 4. The van der Waals surface area contributed by atoms with Crippen LogP contribution in [0.4, 0.5) is 0 Å². The minimum atomic E-state index is 0.00751. The Kier molecular flexibility index (Phi) is 4.60. The minimum absolute atomic E-state index is 0.00751. The Morgan fingerprint density at radius 2 is 1.93 bits per heavy atom. The normalized spacial score (nSPS) is 19.6. The quantitative estimate of drug-likeness (QED) is 0.679. The first-order valence-electron chi connectivity index (χ1n) is 9.56. The molecule has 0 radical (unpaired) electrons. The fraction of sp³-hybridized carbons (Fsp3) is 0.333. The number of hydrogen-bond acceptors (Lipinski definition) is 6. The van der Waals surface area contributed by atoms with E-state index in [9.17, 15) is 4.79 Å². The number of hydrogen-bond donors (Lipinski definition) is 0. The number of pyridine rings is 1. The predicted molar refractivity (Wildman–Crippen MR) is 106 cm³/mol. The van der Waals surface area contributed by atoms with Crippen molar-refractivity contribution in [3.8, 4) is 11.5 Å². The zero-order valence-corrected chi connectivity index (χ0v) is 16.1. The maximum Gasteiger partial charge on any atom is 0.236 e. The van der Waals surface area contributed by atoms with Gasteiger partial charge in [0.2, 0.25) is 17.6 Å². The Morgan fingerprint density at radius 3 is 2.71 bits per heavy atom. The van der Waals surface area contributed by atoms with Gasteiger partial charge >= 0.3 is 0 Å². The topological polar surface area (TPSA) is 72.1 Å². The Bertz CT molecular complexity index is 958. The van der Waals surface area contributed by atoms with Crippen LogP contribution in [0.3, 0.4) is 0 Å². The van der Waals surface area contributed by atoms with E-state index in [2.05, 4.69) is 27.3 Å². The minimum Gasteiger partial charge on any atom is -0.342 e. The molecule has 1 saturated heterocycles. The van der Waals surface area contributed by atoms with Crippen LogP contribution in [0.15, 0.2) is 58.1 Å². The first-order valence-corrected chi connectivity index (χ1v) is 10.4. The molecule has 4 heterocycles. The summed E-state index contributed by atoms with van der Waals surface area (Å²) in [6.45, 7) is 1.47. The number of carbonyl (C=O) groups excluding carboxylic acids is 1. The van der Waals surface area contributed by atoms with Gasteiger partial charge < -0.3 is 9.42 Å². The van der Waals surface area contributed by atoms with Gasteiger partial charge in [-0.05, 0) is 43.0 Å². The highest BCUT2D eigenvalue weighted by Gasteiger charge is 2.34. The number of likely N-dealkylation sites (tertiary alicyclic amines) is 1. The van der Waals surface area contributed by atoms with Crippen LogP contribution in [0.5, 0.6) is 0 Å². The van der Waals surface area contributed by atoms with Crippen LogP contribution in [0.25, 0.3) is 11.5 Å². The predicted octanol–water partition coefficient (Wildman–Crippen LogP) is 3.55. The van der Waals surface area contributed by atoms with Crippen molar-refractivity contribution in [2.24, 2.45) is 0 Å². The van der Waals surface area contributed by atoms with Crippen LogP contribution >= 0.6 is 11.8 Å². The van der Waals surface area contributed by atoms with E-state index in [1.807, 2.05) is 35.2 Å². The highest BCUT2D eigenvalue weighted by atomic mass is 32.2. The fourth-order valence-corrected chi connectivity index (χ4v) is 5.15. The highest BCUT2D eigenvalue weighted by Crippen LogP contribution is 2.38. The van der Waals surface area contributed by atoms with Crippen molar-refractivity contribution in [2.45, 2.75) is 35.3 Å². The van der Waals surface area contributed by atoms with Gasteiger partial charge in [-0.3, -0.25) is 9.78 Å². The van der Waals surface area contributed by atoms with Gasteiger partial charge in [-0.25, -0.2) is 0 Å². The van der Waals surface area contributed by atoms with Gasteiger partial charge in [-0.2, -0.15) is 4.98 Å². The lowest BCUT2D eigenvalue weighted by atomic mass is 9.96. The maximum atomic E-state index is 12.9. The average Bonchev–Trinajstić information content (AvgIpc) is 3.41. The molecule has 5 rings (SSSR count). The molecule has 142 valence electrons. The van der Waals surface area contributed by atoms with Crippen molar-refractivity contribution in [1.29, 1.82) is 0 Å². The Morgan fingerprint density at radius 1 is 1.11 bits per heavy atom. The SMILES string of the molecule is O=C(C1Cc2ccccc2S1)N1CCC(c2nc(-c3ccccn3)no2)CC1. The zero-order chi connectivity index (χ0) is 18.9. The molecule has 1 amide bonds. The molecule has 0 bridgehead atoms. The molecule has 2 aliphatic heterocycles. The molecule has 0 spiro atoms. The van der Waals surface area contributed by atoms with Gasteiger partial charge in [-0.15, -0.1) is 11.8 Å². The van der Waals surface area contributed by atoms with Gasteiger partial charge in [0, 0.05) is 30.1 Å². The van der Waals surface area contributed by atoms with Crippen LogP contribution in [0.2, 0.25) is 0 Å². The zero-order valence-electron chi connectivity index (χ0n) is 15.3. The Hall–Kier alpha value is -2.67. The number of benzene rings is 1. The largest absolute Gasteiger partial charge is 0.342 e. The van der Waals surface area contributed by atoms with Crippen LogP contribution < -0.4 is 0 Å². The summed E-state index contributed by atoms with van der Waals surface area (Å²) < 4.78 is 5.49. The number of rotatable bonds is 3. The highest BCUT2D eigenvalue weighted by molar-refractivity contribution is 8.01. The van der Waals surface area contributed by atoms with E-state index >= 15 is 0 Å². The lowest BCUT2D eigenvalue weighted by Crippen LogP contribution is -2.42. The number of amides is 1. The van der Waals surface area contributed by atoms with Crippen molar-refractivity contribution >= 4 is 17.7 Å². The van der Waals surface area contributed by atoms with Crippen LogP contribution in [0, 0.1) is 0 Å². The van der Waals surface area contributed by atoms with E-state index in [0.29, 0.717) is 17.4 Å². The summed E-state index contributed by atoms with van der Waals surface area (Å²) in [5.74, 6) is 1.62. The summed E-state index contributed by atoms with van der Waals surface area (Å²) in [6.07, 6.45) is 4.24. The van der Waals surface area contributed by atoms with E-state index < -0.39 is 0 Å². The van der Waals surface area contributed by atoms with Crippen molar-refractivity contribution in [2.75, 3.05) is 13.1 Å². The summed E-state index contributed by atoms with van der Waals surface area (Å²) in [5, 5.41) is 4.08. The molecule has 0 saturated carbocycles. The van der Waals surface area contributed by atoms with E-state index in [0.717, 1.165) is 32.4 Å². The van der Waals surface area contributed by atoms with Crippen molar-refractivity contribution in [3.63, 3.8) is 0 Å². The molecule has 1 aromatic carbocycles. The molecule has 7 heteroatoms. The monoisotopic (exact) mass is 392 g/mol. The van der Waals surface area contributed by atoms with Gasteiger partial charge in [-0.1, -0.05) is 29.4 Å². The molecule has 6 nitrogen and oxygen atoms in total. The molecule has 2 aliphatic rings. The van der Waals surface area contributed by atoms with Gasteiger partial charge in [0.05, 0.1) is 5.25 Å². The van der Waals surface area contributed by atoms with Crippen molar-refractivity contribution in [3.05, 3.63) is 60.1 Å². The van der Waals surface area contributed by atoms with Crippen LogP contribution in [-0.4, -0.2) is 44.3 Å². The van der Waals surface area contributed by atoms with E-state index in [1.165, 1.54) is 10.5 Å². The Labute approximate surface area is 167 Å². The third-order valence-electron chi connectivity index (χ3n) is 5.41. The van der Waals surface area contributed by atoms with Gasteiger partial charge in [0.25, 0.3) is 0 Å². The third-order valence-corrected chi connectivity index (χ3v) is 6.72. The molecule has 3 aromatic rings. The molecule has 2 aromatic heterocycles. The second-order valence-corrected chi connectivity index (χ2v) is 8.43. The summed E-state index contributed by atoms with van der Waals surface area (Å²) in [7, 11) is 0.